The molecule has 108 valence electrons. The minimum atomic E-state index is -0.305. The van der Waals surface area contributed by atoms with Gasteiger partial charge in [-0.15, -0.1) is 0 Å². The van der Waals surface area contributed by atoms with E-state index in [4.69, 9.17) is 0 Å². The number of hydrogen-bond donors (Lipinski definition) is 1. The lowest BCUT2D eigenvalue weighted by atomic mass is 9.98. The van der Waals surface area contributed by atoms with Gasteiger partial charge < -0.3 is 10.0 Å². The van der Waals surface area contributed by atoms with Crippen molar-refractivity contribution in [1.82, 2.24) is 4.90 Å². The maximum absolute atomic E-state index is 13.2. The average Bonchev–Trinajstić information content (AvgIpc) is 2.47. The number of hydrogen-bond acceptors (Lipinski definition) is 2. The van der Waals surface area contributed by atoms with Crippen molar-refractivity contribution in [1.29, 1.82) is 0 Å². The van der Waals surface area contributed by atoms with E-state index in [1.807, 2.05) is 0 Å². The molecule has 1 N–H and O–H groups in total. The minimum Gasteiger partial charge on any atom is -0.396 e. The van der Waals surface area contributed by atoms with Gasteiger partial charge in [-0.2, -0.15) is 0 Å². The molecule has 1 heterocycles. The number of aliphatic hydroxyl groups excluding tert-OH is 1. The minimum absolute atomic E-state index is 0.0649. The van der Waals surface area contributed by atoms with E-state index < -0.39 is 0 Å². The molecule has 3 nitrogen and oxygen atoms in total. The van der Waals surface area contributed by atoms with Crippen LogP contribution >= 0.6 is 0 Å². The molecule has 1 amide bonds. The molecule has 1 aromatic rings. The van der Waals surface area contributed by atoms with Gasteiger partial charge in [-0.25, -0.2) is 4.39 Å². The second-order valence-electron chi connectivity index (χ2n) is 5.31. The molecule has 1 aliphatic rings. The molecule has 0 aliphatic carbocycles. The fourth-order valence-corrected chi connectivity index (χ4v) is 2.51. The Bertz CT molecular complexity index is 513. The molecule has 1 fully saturated rings. The molecule has 0 spiro atoms. The van der Waals surface area contributed by atoms with Crippen molar-refractivity contribution in [2.75, 3.05) is 19.7 Å². The maximum atomic E-state index is 13.2. The van der Waals surface area contributed by atoms with Crippen LogP contribution in [0.5, 0.6) is 0 Å². The van der Waals surface area contributed by atoms with Crippen LogP contribution in [-0.4, -0.2) is 35.6 Å². The first-order chi connectivity index (χ1) is 9.60. The van der Waals surface area contributed by atoms with E-state index in [9.17, 15) is 14.3 Å². The normalized spacial score (nSPS) is 20.1. The summed E-state index contributed by atoms with van der Waals surface area (Å²) < 4.78 is 13.2. The molecule has 0 aromatic heterocycles. The number of piperidine rings is 1. The van der Waals surface area contributed by atoms with Crippen molar-refractivity contribution in [2.45, 2.75) is 19.8 Å². The van der Waals surface area contributed by atoms with E-state index in [2.05, 4.69) is 0 Å². The van der Waals surface area contributed by atoms with Crippen molar-refractivity contribution < 1.29 is 14.3 Å². The third-order valence-electron chi connectivity index (χ3n) is 3.71. The van der Waals surface area contributed by atoms with Crippen LogP contribution in [0.4, 0.5) is 4.39 Å². The Kier molecular flexibility index (Phi) is 4.90. The van der Waals surface area contributed by atoms with Crippen LogP contribution < -0.4 is 0 Å². The standard InChI is InChI=1S/C16H20FNO2/c1-12(14-5-2-6-15(17)9-14)8-16(20)18-7-3-4-13(10-18)11-19/h2,5-6,8-9,13,19H,3-4,7,10-11H2,1H3/b12-8-. The van der Waals surface area contributed by atoms with Gasteiger partial charge in [0.1, 0.15) is 5.82 Å². The van der Waals surface area contributed by atoms with Gasteiger partial charge >= 0.3 is 0 Å². The fraction of sp³-hybridized carbons (Fsp3) is 0.438. The van der Waals surface area contributed by atoms with Gasteiger partial charge in [0.25, 0.3) is 0 Å². The number of amides is 1. The number of rotatable bonds is 3. The highest BCUT2D eigenvalue weighted by atomic mass is 19.1. The van der Waals surface area contributed by atoms with Crippen molar-refractivity contribution in [2.24, 2.45) is 5.92 Å². The van der Waals surface area contributed by atoms with Crippen LogP contribution in [0.3, 0.4) is 0 Å². The number of halogens is 1. The molecule has 1 unspecified atom stereocenters. The summed E-state index contributed by atoms with van der Waals surface area (Å²) >= 11 is 0. The van der Waals surface area contributed by atoms with E-state index in [0.717, 1.165) is 25.0 Å². The third-order valence-corrected chi connectivity index (χ3v) is 3.71. The van der Waals surface area contributed by atoms with Crippen molar-refractivity contribution in [3.05, 3.63) is 41.7 Å². The Morgan fingerprint density at radius 3 is 3.05 bits per heavy atom. The van der Waals surface area contributed by atoms with Crippen LogP contribution in [0.25, 0.3) is 5.57 Å². The van der Waals surface area contributed by atoms with Crippen LogP contribution in [0.15, 0.2) is 30.3 Å². The van der Waals surface area contributed by atoms with Crippen molar-refractivity contribution >= 4 is 11.5 Å². The van der Waals surface area contributed by atoms with E-state index in [0.29, 0.717) is 12.1 Å². The summed E-state index contributed by atoms with van der Waals surface area (Å²) in [6.07, 6.45) is 3.44. The first-order valence-electron chi connectivity index (χ1n) is 6.94. The topological polar surface area (TPSA) is 40.5 Å². The number of benzene rings is 1. The molecule has 2 rings (SSSR count). The number of nitrogens with zero attached hydrogens (tertiary/aromatic N) is 1. The zero-order valence-corrected chi connectivity index (χ0v) is 11.7. The van der Waals surface area contributed by atoms with Gasteiger partial charge in [0.15, 0.2) is 0 Å². The van der Waals surface area contributed by atoms with Gasteiger partial charge in [0, 0.05) is 25.8 Å². The predicted octanol–water partition coefficient (Wildman–Crippen LogP) is 2.46. The number of aliphatic hydroxyl groups is 1. The Balaban J connectivity index is 2.07. The van der Waals surface area contributed by atoms with Gasteiger partial charge in [0.05, 0.1) is 0 Å². The first kappa shape index (κ1) is 14.7. The van der Waals surface area contributed by atoms with Gasteiger partial charge in [-0.05, 0) is 49.0 Å². The lowest BCUT2D eigenvalue weighted by Gasteiger charge is -2.31. The Morgan fingerprint density at radius 1 is 1.55 bits per heavy atom. The Hall–Kier alpha value is -1.68. The molecular formula is C16H20FNO2. The second kappa shape index (κ2) is 6.66. The fourth-order valence-electron chi connectivity index (χ4n) is 2.51. The number of carbonyl (C=O) groups excluding carboxylic acids is 1. The molecule has 1 atom stereocenters. The number of carbonyl (C=O) groups is 1. The summed E-state index contributed by atoms with van der Waals surface area (Å²) in [5, 5.41) is 9.19. The summed E-state index contributed by atoms with van der Waals surface area (Å²) in [6, 6.07) is 6.23. The SMILES string of the molecule is C/C(=C/C(=O)N1CCCC(CO)C1)c1cccc(F)c1. The molecule has 4 heteroatoms. The highest BCUT2D eigenvalue weighted by Gasteiger charge is 2.22. The quantitative estimate of drug-likeness (QED) is 0.862. The highest BCUT2D eigenvalue weighted by molar-refractivity contribution is 5.94. The largest absolute Gasteiger partial charge is 0.396 e. The van der Waals surface area contributed by atoms with E-state index >= 15 is 0 Å². The molecular weight excluding hydrogens is 257 g/mol. The van der Waals surface area contributed by atoms with Crippen LogP contribution in [0.2, 0.25) is 0 Å². The molecule has 0 saturated carbocycles. The summed E-state index contributed by atoms with van der Waals surface area (Å²) in [7, 11) is 0. The lowest BCUT2D eigenvalue weighted by molar-refractivity contribution is -0.128. The molecule has 0 radical (unpaired) electrons. The lowest BCUT2D eigenvalue weighted by Crippen LogP contribution is -2.40. The number of likely N-dealkylation sites (tertiary alicyclic amines) is 1. The third kappa shape index (κ3) is 3.67. The Labute approximate surface area is 118 Å². The summed E-state index contributed by atoms with van der Waals surface area (Å²) in [6.45, 7) is 3.25. The van der Waals surface area contributed by atoms with Gasteiger partial charge in [-0.3, -0.25) is 4.79 Å². The van der Waals surface area contributed by atoms with Crippen LogP contribution in [-0.2, 0) is 4.79 Å². The maximum Gasteiger partial charge on any atom is 0.246 e. The molecule has 1 aromatic carbocycles. The van der Waals surface area contributed by atoms with E-state index in [-0.39, 0.29) is 24.2 Å². The predicted molar refractivity (Wildman–Crippen MR) is 76.4 cm³/mol. The Morgan fingerprint density at radius 2 is 2.35 bits per heavy atom. The van der Waals surface area contributed by atoms with Crippen molar-refractivity contribution in [3.63, 3.8) is 0 Å². The molecule has 1 saturated heterocycles. The second-order valence-corrected chi connectivity index (χ2v) is 5.31. The summed E-state index contributed by atoms with van der Waals surface area (Å²) in [5.74, 6) is -0.193. The van der Waals surface area contributed by atoms with Gasteiger partial charge in [-0.1, -0.05) is 12.1 Å². The molecule has 1 aliphatic heterocycles. The molecule has 0 bridgehead atoms. The molecule has 20 heavy (non-hydrogen) atoms. The first-order valence-corrected chi connectivity index (χ1v) is 6.94. The smallest absolute Gasteiger partial charge is 0.246 e. The van der Waals surface area contributed by atoms with Crippen LogP contribution in [0.1, 0.15) is 25.3 Å². The summed E-state index contributed by atoms with van der Waals surface area (Å²) in [4.78, 5) is 14.0. The highest BCUT2D eigenvalue weighted by Crippen LogP contribution is 2.19. The number of allylic oxidation sites excluding steroid dienone is 1. The summed E-state index contributed by atoms with van der Waals surface area (Å²) in [5.41, 5.74) is 1.47. The zero-order chi connectivity index (χ0) is 14.5. The monoisotopic (exact) mass is 277 g/mol. The van der Waals surface area contributed by atoms with E-state index in [1.54, 1.807) is 30.0 Å². The van der Waals surface area contributed by atoms with Crippen molar-refractivity contribution in [3.8, 4) is 0 Å². The van der Waals surface area contributed by atoms with Gasteiger partial charge in [0.2, 0.25) is 5.91 Å². The van der Waals surface area contributed by atoms with E-state index in [1.165, 1.54) is 12.1 Å². The average molecular weight is 277 g/mol. The van der Waals surface area contributed by atoms with Crippen LogP contribution in [0, 0.1) is 11.7 Å². The zero-order valence-electron chi connectivity index (χ0n) is 11.7.